The second kappa shape index (κ2) is 9.50. The summed E-state index contributed by atoms with van der Waals surface area (Å²) in [6, 6.07) is 20.7. The molecular weight excluding hydrogens is 451 g/mol. The molecule has 0 aliphatic carbocycles. The van der Waals surface area contributed by atoms with Crippen molar-refractivity contribution in [1.82, 2.24) is 14.5 Å². The van der Waals surface area contributed by atoms with E-state index in [1.165, 1.54) is 0 Å². The van der Waals surface area contributed by atoms with E-state index < -0.39 is 17.5 Å². The quantitative estimate of drug-likeness (QED) is 0.374. The van der Waals surface area contributed by atoms with Crippen molar-refractivity contribution in [2.75, 3.05) is 6.54 Å². The minimum Gasteiger partial charge on any atom is -0.294 e. The Balaban J connectivity index is 1.55. The lowest BCUT2D eigenvalue weighted by Gasteiger charge is -2.30. The first-order chi connectivity index (χ1) is 16.9. The van der Waals surface area contributed by atoms with Crippen LogP contribution in [0.3, 0.4) is 0 Å². The summed E-state index contributed by atoms with van der Waals surface area (Å²) in [4.78, 5) is 20.5. The van der Waals surface area contributed by atoms with Crippen LogP contribution in [0.5, 0.6) is 0 Å². The molecule has 1 aliphatic rings. The van der Waals surface area contributed by atoms with Crippen molar-refractivity contribution < 1.29 is 13.2 Å². The largest absolute Gasteiger partial charge is 0.294 e. The maximum atomic E-state index is 14.2. The second-order valence-electron chi connectivity index (χ2n) is 8.80. The maximum absolute atomic E-state index is 14.2. The first kappa shape index (κ1) is 23.1. The van der Waals surface area contributed by atoms with Gasteiger partial charge in [-0.15, -0.1) is 0 Å². The number of halogens is 3. The van der Waals surface area contributed by atoms with Gasteiger partial charge in [0, 0.05) is 37.7 Å². The Kier molecular flexibility index (Phi) is 6.26. The third-order valence-electron chi connectivity index (χ3n) is 6.49. The molecule has 2 heterocycles. The van der Waals surface area contributed by atoms with Crippen molar-refractivity contribution in [3.8, 4) is 0 Å². The van der Waals surface area contributed by atoms with Crippen molar-refractivity contribution in [3.05, 3.63) is 134 Å². The Morgan fingerprint density at radius 2 is 1.49 bits per heavy atom. The van der Waals surface area contributed by atoms with Crippen LogP contribution in [0, 0.1) is 24.4 Å². The van der Waals surface area contributed by atoms with Gasteiger partial charge in [-0.3, -0.25) is 14.3 Å². The first-order valence-corrected chi connectivity index (χ1v) is 11.5. The van der Waals surface area contributed by atoms with E-state index in [0.717, 1.165) is 22.9 Å². The molecule has 178 valence electrons. The van der Waals surface area contributed by atoms with E-state index in [9.17, 15) is 18.0 Å². The predicted octanol–water partition coefficient (Wildman–Crippen LogP) is 5.17. The van der Waals surface area contributed by atoms with Crippen LogP contribution >= 0.6 is 0 Å². The van der Waals surface area contributed by atoms with Gasteiger partial charge >= 0.3 is 0 Å². The average molecular weight is 476 g/mol. The van der Waals surface area contributed by atoms with Crippen LogP contribution in [0.1, 0.15) is 39.8 Å². The molecule has 7 heteroatoms. The number of benzene rings is 3. The van der Waals surface area contributed by atoms with Gasteiger partial charge in [0.1, 0.15) is 11.6 Å². The van der Waals surface area contributed by atoms with Crippen molar-refractivity contribution in [2.45, 2.75) is 32.5 Å². The van der Waals surface area contributed by atoms with Gasteiger partial charge in [-0.05, 0) is 24.1 Å². The number of aromatic nitrogens is 2. The van der Waals surface area contributed by atoms with E-state index in [4.69, 9.17) is 4.98 Å². The summed E-state index contributed by atoms with van der Waals surface area (Å²) in [6.45, 7) is 2.68. The van der Waals surface area contributed by atoms with Crippen molar-refractivity contribution in [1.29, 1.82) is 0 Å². The van der Waals surface area contributed by atoms with Gasteiger partial charge in [0.25, 0.3) is 5.56 Å². The zero-order valence-electron chi connectivity index (χ0n) is 19.2. The van der Waals surface area contributed by atoms with Gasteiger partial charge < -0.3 is 0 Å². The van der Waals surface area contributed by atoms with Gasteiger partial charge in [0.2, 0.25) is 0 Å². The van der Waals surface area contributed by atoms with E-state index in [1.54, 1.807) is 4.57 Å². The van der Waals surface area contributed by atoms with Crippen LogP contribution < -0.4 is 5.56 Å². The van der Waals surface area contributed by atoms with E-state index >= 15 is 0 Å². The van der Waals surface area contributed by atoms with E-state index in [1.807, 2.05) is 72.5 Å². The SMILES string of the molecule is Cc1nc2c(c(=O)n1C(c1ccccc1)c1ccccc1)CN(Cc1cc(F)c(F)cc1F)CC2. The van der Waals surface area contributed by atoms with E-state index in [0.29, 0.717) is 30.4 Å². The summed E-state index contributed by atoms with van der Waals surface area (Å²) in [6.07, 6.45) is 0.513. The van der Waals surface area contributed by atoms with Crippen LogP contribution in [-0.2, 0) is 19.5 Å². The van der Waals surface area contributed by atoms with Crippen molar-refractivity contribution in [2.24, 2.45) is 0 Å². The molecule has 0 unspecified atom stereocenters. The molecule has 5 rings (SSSR count). The van der Waals surface area contributed by atoms with Crippen molar-refractivity contribution >= 4 is 0 Å². The van der Waals surface area contributed by atoms with Crippen molar-refractivity contribution in [3.63, 3.8) is 0 Å². The monoisotopic (exact) mass is 475 g/mol. The molecule has 4 nitrogen and oxygen atoms in total. The Morgan fingerprint density at radius 3 is 2.11 bits per heavy atom. The lowest BCUT2D eigenvalue weighted by molar-refractivity contribution is 0.236. The molecule has 1 aromatic heterocycles. The molecule has 4 aromatic rings. The van der Waals surface area contributed by atoms with Crippen LogP contribution in [0.25, 0.3) is 0 Å². The van der Waals surface area contributed by atoms with Gasteiger partial charge in [-0.2, -0.15) is 0 Å². The maximum Gasteiger partial charge on any atom is 0.259 e. The normalized spacial score (nSPS) is 13.7. The lowest BCUT2D eigenvalue weighted by Crippen LogP contribution is -2.40. The highest BCUT2D eigenvalue weighted by molar-refractivity contribution is 5.35. The fourth-order valence-electron chi connectivity index (χ4n) is 4.79. The van der Waals surface area contributed by atoms with E-state index in [2.05, 4.69) is 0 Å². The zero-order valence-corrected chi connectivity index (χ0v) is 19.2. The van der Waals surface area contributed by atoms with Gasteiger partial charge in [0.15, 0.2) is 11.6 Å². The Morgan fingerprint density at radius 1 is 0.886 bits per heavy atom. The molecule has 0 saturated carbocycles. The summed E-state index contributed by atoms with van der Waals surface area (Å²) in [7, 11) is 0. The lowest BCUT2D eigenvalue weighted by atomic mass is 9.97. The van der Waals surface area contributed by atoms with Crippen LogP contribution in [0.2, 0.25) is 0 Å². The highest BCUT2D eigenvalue weighted by atomic mass is 19.2. The van der Waals surface area contributed by atoms with Crippen LogP contribution in [0.4, 0.5) is 13.2 Å². The van der Waals surface area contributed by atoms with Gasteiger partial charge in [-0.25, -0.2) is 18.2 Å². The van der Waals surface area contributed by atoms with Crippen LogP contribution in [-0.4, -0.2) is 21.0 Å². The molecule has 0 spiro atoms. The summed E-state index contributed by atoms with van der Waals surface area (Å²) in [5.41, 5.74) is 3.09. The second-order valence-corrected chi connectivity index (χ2v) is 8.80. The summed E-state index contributed by atoms with van der Waals surface area (Å²) >= 11 is 0. The number of nitrogens with zero attached hydrogens (tertiary/aromatic N) is 3. The topological polar surface area (TPSA) is 38.1 Å². The molecule has 0 N–H and O–H groups in total. The van der Waals surface area contributed by atoms with Crippen LogP contribution in [0.15, 0.2) is 77.6 Å². The Bertz CT molecular complexity index is 1380. The first-order valence-electron chi connectivity index (χ1n) is 11.5. The minimum atomic E-state index is -1.22. The molecule has 0 fully saturated rings. The number of hydrogen-bond donors (Lipinski definition) is 0. The molecule has 35 heavy (non-hydrogen) atoms. The molecule has 0 amide bonds. The summed E-state index contributed by atoms with van der Waals surface area (Å²) in [5.74, 6) is -2.49. The fourth-order valence-corrected chi connectivity index (χ4v) is 4.79. The molecule has 3 aromatic carbocycles. The van der Waals surface area contributed by atoms with E-state index in [-0.39, 0.29) is 30.3 Å². The third-order valence-corrected chi connectivity index (χ3v) is 6.49. The fraction of sp³-hybridized carbons (Fsp3) is 0.214. The number of hydrogen-bond acceptors (Lipinski definition) is 3. The zero-order chi connectivity index (χ0) is 24.5. The summed E-state index contributed by atoms with van der Waals surface area (Å²) in [5, 5.41) is 0. The molecular formula is C28H24F3N3O. The molecule has 0 atom stereocenters. The number of fused-ring (bicyclic) bond motifs is 1. The Hall–Kier alpha value is -3.71. The number of rotatable bonds is 5. The Labute approximate surface area is 201 Å². The molecule has 1 aliphatic heterocycles. The highest BCUT2D eigenvalue weighted by Crippen LogP contribution is 2.28. The standard InChI is InChI=1S/C28H24F3N3O/c1-18-32-26-12-13-33(16-21-14-24(30)25(31)15-23(21)29)17-22(26)28(35)34(18)27(19-8-4-2-5-9-19)20-10-6-3-7-11-20/h2-11,14-15,27H,12-13,16-17H2,1H3. The third kappa shape index (κ3) is 4.51. The van der Waals surface area contributed by atoms with Gasteiger partial charge in [0.05, 0.1) is 17.3 Å². The van der Waals surface area contributed by atoms with Gasteiger partial charge in [-0.1, -0.05) is 60.7 Å². The minimum absolute atomic E-state index is 0.0548. The molecule has 0 radical (unpaired) electrons. The summed E-state index contributed by atoms with van der Waals surface area (Å²) < 4.78 is 43.0. The predicted molar refractivity (Wildman–Crippen MR) is 127 cm³/mol. The smallest absolute Gasteiger partial charge is 0.259 e. The molecule has 0 bridgehead atoms. The molecule has 0 saturated heterocycles. The highest BCUT2D eigenvalue weighted by Gasteiger charge is 2.27. The average Bonchev–Trinajstić information content (AvgIpc) is 2.86. The number of aryl methyl sites for hydroxylation is 1.